The summed E-state index contributed by atoms with van der Waals surface area (Å²) in [5.74, 6) is 1.30. The highest BCUT2D eigenvalue weighted by Gasteiger charge is 2.28. The first-order chi connectivity index (χ1) is 8.25. The summed E-state index contributed by atoms with van der Waals surface area (Å²) in [4.78, 5) is 13.8. The van der Waals surface area contributed by atoms with E-state index in [2.05, 4.69) is 11.4 Å². The summed E-state index contributed by atoms with van der Waals surface area (Å²) < 4.78 is 5.46. The molecule has 1 N–H and O–H groups in total. The summed E-state index contributed by atoms with van der Waals surface area (Å²) >= 11 is 0. The van der Waals surface area contributed by atoms with Crippen molar-refractivity contribution in [3.05, 3.63) is 23.8 Å². The lowest BCUT2D eigenvalue weighted by molar-refractivity contribution is -0.123. The molecule has 2 aliphatic heterocycles. The van der Waals surface area contributed by atoms with Crippen LogP contribution in [-0.4, -0.2) is 32.7 Å². The molecule has 0 bridgehead atoms. The zero-order chi connectivity index (χ0) is 11.8. The Balaban J connectivity index is 1.81. The minimum Gasteiger partial charge on any atom is -0.493 e. The molecule has 0 unspecified atom stereocenters. The summed E-state index contributed by atoms with van der Waals surface area (Å²) in [6, 6.07) is 5.97. The van der Waals surface area contributed by atoms with E-state index in [9.17, 15) is 4.79 Å². The fourth-order valence-electron chi connectivity index (χ4n) is 2.25. The second kappa shape index (κ2) is 4.04. The number of nitrogens with zero attached hydrogens (tertiary/aromatic N) is 1. The van der Waals surface area contributed by atoms with E-state index in [1.54, 1.807) is 4.90 Å². The largest absolute Gasteiger partial charge is 0.493 e. The van der Waals surface area contributed by atoms with Gasteiger partial charge < -0.3 is 15.0 Å². The van der Waals surface area contributed by atoms with Crippen LogP contribution in [0.15, 0.2) is 18.2 Å². The monoisotopic (exact) mass is 232 g/mol. The van der Waals surface area contributed by atoms with Crippen LogP contribution in [0.1, 0.15) is 5.56 Å². The molecule has 1 aromatic carbocycles. The van der Waals surface area contributed by atoms with E-state index in [0.717, 1.165) is 37.6 Å². The third kappa shape index (κ3) is 1.78. The predicted molar refractivity (Wildman–Crippen MR) is 65.4 cm³/mol. The van der Waals surface area contributed by atoms with Crippen molar-refractivity contribution in [1.82, 2.24) is 5.32 Å². The number of fused-ring (bicyclic) bond motifs is 1. The Kier molecular flexibility index (Phi) is 2.52. The molecular formula is C13H16N2O2. The lowest BCUT2D eigenvalue weighted by Gasteiger charge is -2.30. The van der Waals surface area contributed by atoms with E-state index in [1.807, 2.05) is 19.2 Å². The molecule has 4 nitrogen and oxygen atoms in total. The van der Waals surface area contributed by atoms with E-state index < -0.39 is 0 Å². The number of carbonyl (C=O) groups excluding carboxylic acids is 1. The lowest BCUT2D eigenvalue weighted by atomic mass is 10.0. The number of rotatable bonds is 2. The quantitative estimate of drug-likeness (QED) is 0.820. The third-order valence-electron chi connectivity index (χ3n) is 3.52. The first-order valence-corrected chi connectivity index (χ1v) is 6.00. The Labute approximate surface area is 101 Å². The number of anilines is 1. The average molecular weight is 232 g/mol. The molecule has 0 atom stereocenters. The van der Waals surface area contributed by atoms with Crippen molar-refractivity contribution >= 4 is 11.6 Å². The van der Waals surface area contributed by atoms with E-state index in [0.29, 0.717) is 0 Å². The van der Waals surface area contributed by atoms with Crippen molar-refractivity contribution in [2.45, 2.75) is 6.42 Å². The molecule has 1 fully saturated rings. The van der Waals surface area contributed by atoms with Crippen LogP contribution in [0.25, 0.3) is 0 Å². The van der Waals surface area contributed by atoms with Crippen molar-refractivity contribution in [3.8, 4) is 5.75 Å². The topological polar surface area (TPSA) is 41.6 Å². The Bertz CT molecular complexity index is 455. The SMILES string of the molecule is CN(C(=O)C1CNC1)c1ccc2c(c1)CCO2. The maximum atomic E-state index is 12.1. The normalized spacial score (nSPS) is 18.2. The number of nitrogens with one attached hydrogen (secondary N) is 1. The van der Waals surface area contributed by atoms with E-state index >= 15 is 0 Å². The van der Waals surface area contributed by atoms with Crippen molar-refractivity contribution in [2.75, 3.05) is 31.6 Å². The smallest absolute Gasteiger partial charge is 0.232 e. The van der Waals surface area contributed by atoms with Gasteiger partial charge in [-0.1, -0.05) is 0 Å². The van der Waals surface area contributed by atoms with Gasteiger partial charge in [-0.25, -0.2) is 0 Å². The van der Waals surface area contributed by atoms with E-state index in [1.165, 1.54) is 5.56 Å². The molecule has 1 amide bonds. The highest BCUT2D eigenvalue weighted by molar-refractivity contribution is 5.95. The van der Waals surface area contributed by atoms with Crippen molar-refractivity contribution in [3.63, 3.8) is 0 Å². The van der Waals surface area contributed by atoms with Crippen LogP contribution < -0.4 is 15.0 Å². The van der Waals surface area contributed by atoms with Gasteiger partial charge in [-0.3, -0.25) is 4.79 Å². The van der Waals surface area contributed by atoms with Crippen LogP contribution in [0, 0.1) is 5.92 Å². The van der Waals surface area contributed by atoms with Crippen LogP contribution in [0.3, 0.4) is 0 Å². The summed E-state index contributed by atoms with van der Waals surface area (Å²) in [7, 11) is 1.85. The molecule has 0 aliphatic carbocycles. The number of ether oxygens (including phenoxy) is 1. The van der Waals surface area contributed by atoms with Crippen LogP contribution in [-0.2, 0) is 11.2 Å². The molecule has 2 aliphatic rings. The van der Waals surface area contributed by atoms with Crippen LogP contribution in [0.4, 0.5) is 5.69 Å². The standard InChI is InChI=1S/C13H16N2O2/c1-15(13(16)10-7-14-8-10)11-2-3-12-9(6-11)4-5-17-12/h2-3,6,10,14H,4-5,7-8H2,1H3. The molecule has 1 saturated heterocycles. The summed E-state index contributed by atoms with van der Waals surface area (Å²) in [5.41, 5.74) is 2.17. The number of amides is 1. The fraction of sp³-hybridized carbons (Fsp3) is 0.462. The summed E-state index contributed by atoms with van der Waals surface area (Å²) in [6.45, 7) is 2.36. The molecule has 0 aromatic heterocycles. The molecule has 17 heavy (non-hydrogen) atoms. The van der Waals surface area contributed by atoms with Crippen LogP contribution in [0.2, 0.25) is 0 Å². The minimum absolute atomic E-state index is 0.143. The molecule has 1 aromatic rings. The summed E-state index contributed by atoms with van der Waals surface area (Å²) in [5, 5.41) is 3.12. The Hall–Kier alpha value is -1.55. The van der Waals surface area contributed by atoms with E-state index in [-0.39, 0.29) is 11.8 Å². The molecule has 0 spiro atoms. The Morgan fingerprint density at radius 1 is 1.47 bits per heavy atom. The van der Waals surface area contributed by atoms with Gasteiger partial charge in [-0.2, -0.15) is 0 Å². The van der Waals surface area contributed by atoms with Gasteiger partial charge in [0, 0.05) is 32.2 Å². The van der Waals surface area contributed by atoms with Crippen LogP contribution >= 0.6 is 0 Å². The van der Waals surface area contributed by atoms with Gasteiger partial charge in [-0.05, 0) is 23.8 Å². The molecule has 4 heteroatoms. The summed E-state index contributed by atoms with van der Waals surface area (Å²) in [6.07, 6.45) is 0.941. The van der Waals surface area contributed by atoms with Crippen molar-refractivity contribution in [1.29, 1.82) is 0 Å². The number of benzene rings is 1. The second-order valence-corrected chi connectivity index (χ2v) is 4.64. The molecular weight excluding hydrogens is 216 g/mol. The number of carbonyl (C=O) groups is 1. The predicted octanol–water partition coefficient (Wildman–Crippen LogP) is 0.804. The third-order valence-corrected chi connectivity index (χ3v) is 3.52. The average Bonchev–Trinajstić information content (AvgIpc) is 2.72. The van der Waals surface area contributed by atoms with Gasteiger partial charge in [0.25, 0.3) is 0 Å². The number of hydrogen-bond donors (Lipinski definition) is 1. The fourth-order valence-corrected chi connectivity index (χ4v) is 2.25. The first kappa shape index (κ1) is 10.6. The van der Waals surface area contributed by atoms with Gasteiger partial charge in [-0.15, -0.1) is 0 Å². The van der Waals surface area contributed by atoms with Gasteiger partial charge in [0.15, 0.2) is 0 Å². The van der Waals surface area contributed by atoms with Gasteiger partial charge >= 0.3 is 0 Å². The first-order valence-electron chi connectivity index (χ1n) is 6.00. The molecule has 3 rings (SSSR count). The highest BCUT2D eigenvalue weighted by atomic mass is 16.5. The minimum atomic E-state index is 0.143. The second-order valence-electron chi connectivity index (χ2n) is 4.64. The zero-order valence-corrected chi connectivity index (χ0v) is 9.90. The van der Waals surface area contributed by atoms with Crippen LogP contribution in [0.5, 0.6) is 5.75 Å². The molecule has 90 valence electrons. The van der Waals surface area contributed by atoms with Gasteiger partial charge in [0.05, 0.1) is 12.5 Å². The van der Waals surface area contributed by atoms with Crippen molar-refractivity contribution in [2.24, 2.45) is 5.92 Å². The van der Waals surface area contributed by atoms with Gasteiger partial charge in [0.2, 0.25) is 5.91 Å². The Morgan fingerprint density at radius 2 is 2.29 bits per heavy atom. The van der Waals surface area contributed by atoms with Gasteiger partial charge in [0.1, 0.15) is 5.75 Å². The Morgan fingerprint density at radius 3 is 3.00 bits per heavy atom. The molecule has 0 radical (unpaired) electrons. The van der Waals surface area contributed by atoms with Crippen molar-refractivity contribution < 1.29 is 9.53 Å². The van der Waals surface area contributed by atoms with E-state index in [4.69, 9.17) is 4.74 Å². The number of hydrogen-bond acceptors (Lipinski definition) is 3. The molecule has 2 heterocycles. The molecule has 0 saturated carbocycles. The highest BCUT2D eigenvalue weighted by Crippen LogP contribution is 2.29. The maximum Gasteiger partial charge on any atom is 0.232 e. The lowest BCUT2D eigenvalue weighted by Crippen LogP contribution is -2.51. The zero-order valence-electron chi connectivity index (χ0n) is 9.90. The maximum absolute atomic E-state index is 12.1.